The molecule has 0 bridgehead atoms. The van der Waals surface area contributed by atoms with Crippen LogP contribution in [0.4, 0.5) is 17.8 Å². The molecule has 2 N–H and O–H groups in total. The van der Waals surface area contributed by atoms with Crippen LogP contribution in [0.2, 0.25) is 0 Å². The highest BCUT2D eigenvalue weighted by molar-refractivity contribution is 5.44. The fourth-order valence-electron chi connectivity index (χ4n) is 3.14. The summed E-state index contributed by atoms with van der Waals surface area (Å²) in [5.41, 5.74) is 5.90. The molecule has 2 aliphatic rings. The van der Waals surface area contributed by atoms with Gasteiger partial charge in [0.1, 0.15) is 0 Å². The summed E-state index contributed by atoms with van der Waals surface area (Å²) in [6, 6.07) is 0.948. The van der Waals surface area contributed by atoms with E-state index in [4.69, 9.17) is 5.73 Å². The Labute approximate surface area is 126 Å². The van der Waals surface area contributed by atoms with Crippen molar-refractivity contribution in [3.63, 3.8) is 0 Å². The van der Waals surface area contributed by atoms with Crippen LogP contribution in [-0.2, 0) is 0 Å². The monoisotopic (exact) mass is 291 g/mol. The van der Waals surface area contributed by atoms with Gasteiger partial charge in [0.05, 0.1) is 0 Å². The Kier molecular flexibility index (Phi) is 3.84. The lowest BCUT2D eigenvalue weighted by Crippen LogP contribution is -2.55. The maximum absolute atomic E-state index is 5.90. The van der Waals surface area contributed by atoms with Crippen molar-refractivity contribution in [3.05, 3.63) is 0 Å². The van der Waals surface area contributed by atoms with E-state index in [9.17, 15) is 0 Å². The maximum atomic E-state index is 5.90. The quantitative estimate of drug-likeness (QED) is 0.854. The predicted molar refractivity (Wildman–Crippen MR) is 84.6 cm³/mol. The second-order valence-corrected chi connectivity index (χ2v) is 6.26. The van der Waals surface area contributed by atoms with Gasteiger partial charge in [-0.05, 0) is 33.7 Å². The lowest BCUT2D eigenvalue weighted by atomic mass is 10.1. The highest BCUT2D eigenvalue weighted by atomic mass is 15.4. The molecule has 7 heteroatoms. The van der Waals surface area contributed by atoms with Crippen LogP contribution in [0.5, 0.6) is 0 Å². The third-order valence-corrected chi connectivity index (χ3v) is 4.66. The van der Waals surface area contributed by atoms with Crippen molar-refractivity contribution in [2.75, 3.05) is 48.8 Å². The summed E-state index contributed by atoms with van der Waals surface area (Å²) in [6.45, 7) is 8.33. The maximum Gasteiger partial charge on any atom is 0.232 e. The number of likely N-dealkylation sites (N-methyl/N-ethyl adjacent to an activating group) is 1. The van der Waals surface area contributed by atoms with Gasteiger partial charge in [0.15, 0.2) is 0 Å². The summed E-state index contributed by atoms with van der Waals surface area (Å²) in [7, 11) is 2.17. The summed E-state index contributed by atoms with van der Waals surface area (Å²) in [5.74, 6) is 1.77. The number of anilines is 3. The van der Waals surface area contributed by atoms with Crippen LogP contribution in [0, 0.1) is 0 Å². The number of hydrogen-bond donors (Lipinski definition) is 1. The van der Waals surface area contributed by atoms with Crippen molar-refractivity contribution in [1.29, 1.82) is 0 Å². The normalized spacial score (nSPS) is 27.4. The topological polar surface area (TPSA) is 74.4 Å². The molecule has 2 unspecified atom stereocenters. The van der Waals surface area contributed by atoms with Crippen molar-refractivity contribution >= 4 is 17.8 Å². The largest absolute Gasteiger partial charge is 0.368 e. The summed E-state index contributed by atoms with van der Waals surface area (Å²) in [6.07, 6.45) is 2.40. The number of nitrogens with zero attached hydrogens (tertiary/aromatic N) is 6. The van der Waals surface area contributed by atoms with Gasteiger partial charge < -0.3 is 15.5 Å². The van der Waals surface area contributed by atoms with Gasteiger partial charge in [-0.2, -0.15) is 15.0 Å². The lowest BCUT2D eigenvalue weighted by Gasteiger charge is -2.42. The molecule has 0 spiro atoms. The highest BCUT2D eigenvalue weighted by Gasteiger charge is 2.29. The molecule has 21 heavy (non-hydrogen) atoms. The smallest absolute Gasteiger partial charge is 0.232 e. The fraction of sp³-hybridized carbons (Fsp3) is 0.786. The van der Waals surface area contributed by atoms with Gasteiger partial charge >= 0.3 is 0 Å². The molecule has 2 fully saturated rings. The van der Waals surface area contributed by atoms with Crippen molar-refractivity contribution in [2.24, 2.45) is 0 Å². The Morgan fingerprint density at radius 1 is 0.905 bits per heavy atom. The Balaban J connectivity index is 1.84. The van der Waals surface area contributed by atoms with Crippen molar-refractivity contribution in [1.82, 2.24) is 19.9 Å². The number of rotatable bonds is 2. The molecule has 0 aliphatic carbocycles. The van der Waals surface area contributed by atoms with Crippen LogP contribution in [0.25, 0.3) is 0 Å². The molecule has 2 saturated heterocycles. The minimum atomic E-state index is 0.320. The number of aromatic nitrogens is 3. The third kappa shape index (κ3) is 2.88. The molecule has 0 amide bonds. The Morgan fingerprint density at radius 2 is 1.43 bits per heavy atom. The van der Waals surface area contributed by atoms with Crippen LogP contribution in [-0.4, -0.2) is 65.2 Å². The van der Waals surface area contributed by atoms with Crippen molar-refractivity contribution < 1.29 is 0 Å². The second-order valence-electron chi connectivity index (χ2n) is 6.26. The van der Waals surface area contributed by atoms with Gasteiger partial charge in [0.2, 0.25) is 17.8 Å². The molecular formula is C14H25N7. The molecule has 3 rings (SSSR count). The van der Waals surface area contributed by atoms with E-state index >= 15 is 0 Å². The summed E-state index contributed by atoms with van der Waals surface area (Å²) in [5, 5.41) is 0. The summed E-state index contributed by atoms with van der Waals surface area (Å²) >= 11 is 0. The van der Waals surface area contributed by atoms with E-state index < -0.39 is 0 Å². The van der Waals surface area contributed by atoms with E-state index in [0.717, 1.165) is 38.1 Å². The average molecular weight is 291 g/mol. The van der Waals surface area contributed by atoms with E-state index in [0.29, 0.717) is 18.0 Å². The van der Waals surface area contributed by atoms with Gasteiger partial charge in [0, 0.05) is 38.3 Å². The predicted octanol–water partition coefficient (Wildman–Crippen LogP) is 0.583. The Hall–Kier alpha value is -1.63. The third-order valence-electron chi connectivity index (χ3n) is 4.66. The molecule has 1 aromatic heterocycles. The van der Waals surface area contributed by atoms with E-state index in [-0.39, 0.29) is 0 Å². The van der Waals surface area contributed by atoms with Gasteiger partial charge in [-0.15, -0.1) is 0 Å². The number of nitrogen functional groups attached to an aromatic ring is 1. The highest BCUT2D eigenvalue weighted by Crippen LogP contribution is 2.22. The Morgan fingerprint density at radius 3 is 2.00 bits per heavy atom. The van der Waals surface area contributed by atoms with E-state index in [2.05, 4.69) is 50.5 Å². The first-order valence-electron chi connectivity index (χ1n) is 7.78. The molecule has 0 aromatic carbocycles. The van der Waals surface area contributed by atoms with Crippen LogP contribution in [0.3, 0.4) is 0 Å². The minimum Gasteiger partial charge on any atom is -0.368 e. The lowest BCUT2D eigenvalue weighted by molar-refractivity contribution is 0.169. The molecule has 0 radical (unpaired) electrons. The van der Waals surface area contributed by atoms with Gasteiger partial charge in [-0.25, -0.2) is 0 Å². The SMILES string of the molecule is CC1CN(c2nc(N)nc(N3CCCC3)n2)CC(C)N1C. The van der Waals surface area contributed by atoms with Gasteiger partial charge in [-0.3, -0.25) is 4.90 Å². The van der Waals surface area contributed by atoms with Crippen molar-refractivity contribution in [3.8, 4) is 0 Å². The second kappa shape index (κ2) is 5.63. The summed E-state index contributed by atoms with van der Waals surface area (Å²) < 4.78 is 0. The first kappa shape index (κ1) is 14.3. The number of hydrogen-bond acceptors (Lipinski definition) is 7. The molecule has 7 nitrogen and oxygen atoms in total. The average Bonchev–Trinajstić information content (AvgIpc) is 2.97. The molecule has 3 heterocycles. The minimum absolute atomic E-state index is 0.320. The molecular weight excluding hydrogens is 266 g/mol. The first-order valence-corrected chi connectivity index (χ1v) is 7.78. The number of piperazine rings is 1. The molecule has 2 aliphatic heterocycles. The van der Waals surface area contributed by atoms with Crippen molar-refractivity contribution in [2.45, 2.75) is 38.8 Å². The van der Waals surface area contributed by atoms with Crippen LogP contribution >= 0.6 is 0 Å². The molecule has 1 aromatic rings. The van der Waals surface area contributed by atoms with Crippen LogP contribution in [0.15, 0.2) is 0 Å². The number of nitrogens with two attached hydrogens (primary N) is 1. The van der Waals surface area contributed by atoms with E-state index in [1.54, 1.807) is 0 Å². The van der Waals surface area contributed by atoms with Gasteiger partial charge in [-0.1, -0.05) is 0 Å². The molecule has 2 atom stereocenters. The zero-order valence-electron chi connectivity index (χ0n) is 13.2. The Bertz CT molecular complexity index is 488. The van der Waals surface area contributed by atoms with Gasteiger partial charge in [0.25, 0.3) is 0 Å². The first-order chi connectivity index (χ1) is 10.0. The zero-order valence-corrected chi connectivity index (χ0v) is 13.2. The van der Waals surface area contributed by atoms with E-state index in [1.165, 1.54) is 12.8 Å². The van der Waals surface area contributed by atoms with Crippen LogP contribution in [0.1, 0.15) is 26.7 Å². The van der Waals surface area contributed by atoms with Crippen LogP contribution < -0.4 is 15.5 Å². The fourth-order valence-corrected chi connectivity index (χ4v) is 3.14. The molecule has 116 valence electrons. The van der Waals surface area contributed by atoms with E-state index in [1.807, 2.05) is 0 Å². The standard InChI is InChI=1S/C14H25N7/c1-10-8-21(9-11(2)19(10)3)14-17-12(15)16-13(18-14)20-6-4-5-7-20/h10-11H,4-9H2,1-3H3,(H2,15,16,17,18). The molecule has 0 saturated carbocycles. The summed E-state index contributed by atoms with van der Waals surface area (Å²) in [4.78, 5) is 20.2. The zero-order chi connectivity index (χ0) is 15.0.